The number of nitrogens with one attached hydrogen (secondary N) is 3. The molecule has 0 unspecified atom stereocenters. The summed E-state index contributed by atoms with van der Waals surface area (Å²) in [4.78, 5) is 12.3. The molecule has 1 aromatic heterocycles. The molecular weight excluding hydrogens is 230 g/mol. The third kappa shape index (κ3) is 1.72. The lowest BCUT2D eigenvalue weighted by atomic mass is 9.76. The molecular formula is C12H19N5O. The van der Waals surface area contributed by atoms with Gasteiger partial charge in [-0.1, -0.05) is 0 Å². The first-order valence-corrected chi connectivity index (χ1v) is 6.50. The SMILES string of the molecule is CNC1(C(=O)Nc2ccnn2C2CNC2)CCC1. The minimum absolute atomic E-state index is 0.0604. The van der Waals surface area contributed by atoms with Gasteiger partial charge in [0.2, 0.25) is 5.91 Å². The average Bonchev–Trinajstić information content (AvgIpc) is 2.63. The van der Waals surface area contributed by atoms with Crippen LogP contribution in [0.3, 0.4) is 0 Å². The summed E-state index contributed by atoms with van der Waals surface area (Å²) in [6.45, 7) is 1.84. The van der Waals surface area contributed by atoms with Gasteiger partial charge in [-0.05, 0) is 26.3 Å². The number of amides is 1. The summed E-state index contributed by atoms with van der Waals surface area (Å²) in [5, 5.41) is 13.6. The maximum atomic E-state index is 12.3. The van der Waals surface area contributed by atoms with Gasteiger partial charge in [0.25, 0.3) is 0 Å². The van der Waals surface area contributed by atoms with Crippen molar-refractivity contribution in [1.82, 2.24) is 20.4 Å². The molecule has 1 aromatic rings. The molecule has 98 valence electrons. The summed E-state index contributed by atoms with van der Waals surface area (Å²) in [5.74, 6) is 0.860. The summed E-state index contributed by atoms with van der Waals surface area (Å²) in [6, 6.07) is 2.22. The highest BCUT2D eigenvalue weighted by Gasteiger charge is 2.43. The van der Waals surface area contributed by atoms with E-state index in [0.717, 1.165) is 38.2 Å². The Balaban J connectivity index is 1.72. The van der Waals surface area contributed by atoms with Crippen LogP contribution in [0.2, 0.25) is 0 Å². The summed E-state index contributed by atoms with van der Waals surface area (Å²) in [7, 11) is 1.85. The standard InChI is InChI=1S/C12H19N5O/c1-13-12(4-2-5-12)11(18)16-10-3-6-15-17(10)9-7-14-8-9/h3,6,9,13-14H,2,4-5,7-8H2,1H3,(H,16,18). The highest BCUT2D eigenvalue weighted by Crippen LogP contribution is 2.32. The van der Waals surface area contributed by atoms with Crippen molar-refractivity contribution in [2.45, 2.75) is 30.8 Å². The van der Waals surface area contributed by atoms with Crippen molar-refractivity contribution in [2.24, 2.45) is 0 Å². The first kappa shape index (κ1) is 11.7. The zero-order valence-electron chi connectivity index (χ0n) is 10.6. The Morgan fingerprint density at radius 3 is 2.83 bits per heavy atom. The van der Waals surface area contributed by atoms with Crippen molar-refractivity contribution < 1.29 is 4.79 Å². The van der Waals surface area contributed by atoms with Crippen molar-refractivity contribution in [2.75, 3.05) is 25.5 Å². The molecule has 0 spiro atoms. The molecule has 0 aromatic carbocycles. The Bertz CT molecular complexity index is 442. The van der Waals surface area contributed by atoms with E-state index in [9.17, 15) is 4.79 Å². The molecule has 18 heavy (non-hydrogen) atoms. The molecule has 3 N–H and O–H groups in total. The van der Waals surface area contributed by atoms with Crippen LogP contribution >= 0.6 is 0 Å². The largest absolute Gasteiger partial charge is 0.312 e. The molecule has 6 heteroatoms. The molecule has 1 aliphatic carbocycles. The highest BCUT2D eigenvalue weighted by molar-refractivity contribution is 5.98. The lowest BCUT2D eigenvalue weighted by Gasteiger charge is -2.40. The fraction of sp³-hybridized carbons (Fsp3) is 0.667. The molecule has 2 fully saturated rings. The summed E-state index contributed by atoms with van der Waals surface area (Å²) >= 11 is 0. The summed E-state index contributed by atoms with van der Waals surface area (Å²) in [5.41, 5.74) is -0.368. The van der Waals surface area contributed by atoms with Gasteiger partial charge in [-0.15, -0.1) is 0 Å². The van der Waals surface area contributed by atoms with Crippen molar-refractivity contribution >= 4 is 11.7 Å². The zero-order valence-corrected chi connectivity index (χ0v) is 10.6. The molecule has 1 saturated carbocycles. The van der Waals surface area contributed by atoms with Crippen LogP contribution < -0.4 is 16.0 Å². The molecule has 0 bridgehead atoms. The number of aromatic nitrogens is 2. The van der Waals surface area contributed by atoms with E-state index in [1.54, 1.807) is 6.20 Å². The predicted molar refractivity (Wildman–Crippen MR) is 68.4 cm³/mol. The second-order valence-electron chi connectivity index (χ2n) is 5.11. The van der Waals surface area contributed by atoms with Crippen molar-refractivity contribution in [3.8, 4) is 0 Å². The Morgan fingerprint density at radius 1 is 1.56 bits per heavy atom. The average molecular weight is 249 g/mol. The molecule has 1 amide bonds. The van der Waals surface area contributed by atoms with E-state index in [0.29, 0.717) is 6.04 Å². The molecule has 1 saturated heterocycles. The lowest BCUT2D eigenvalue weighted by Crippen LogP contribution is -2.58. The van der Waals surface area contributed by atoms with E-state index in [-0.39, 0.29) is 11.4 Å². The fourth-order valence-corrected chi connectivity index (χ4v) is 2.51. The molecule has 3 rings (SSSR count). The predicted octanol–water partition coefficient (Wildman–Crippen LogP) is 0.108. The molecule has 2 heterocycles. The van der Waals surface area contributed by atoms with E-state index in [1.165, 1.54) is 0 Å². The second kappa shape index (κ2) is 4.37. The molecule has 6 nitrogen and oxygen atoms in total. The third-order valence-corrected chi connectivity index (χ3v) is 4.14. The fourth-order valence-electron chi connectivity index (χ4n) is 2.51. The Labute approximate surface area is 106 Å². The normalized spacial score (nSPS) is 22.1. The van der Waals surface area contributed by atoms with Crippen LogP contribution in [0.4, 0.5) is 5.82 Å². The van der Waals surface area contributed by atoms with Gasteiger partial charge in [0.15, 0.2) is 0 Å². The molecule has 2 aliphatic rings. The molecule has 0 radical (unpaired) electrons. The number of likely N-dealkylation sites (N-methyl/N-ethyl adjacent to an activating group) is 1. The van der Waals surface area contributed by atoms with Crippen molar-refractivity contribution in [3.05, 3.63) is 12.3 Å². The van der Waals surface area contributed by atoms with Crippen molar-refractivity contribution in [3.63, 3.8) is 0 Å². The van der Waals surface area contributed by atoms with Crippen LogP contribution in [-0.4, -0.2) is 41.4 Å². The van der Waals surface area contributed by atoms with Gasteiger partial charge in [-0.2, -0.15) is 5.10 Å². The van der Waals surface area contributed by atoms with Gasteiger partial charge in [-0.3, -0.25) is 4.79 Å². The Kier molecular flexibility index (Phi) is 2.83. The van der Waals surface area contributed by atoms with Crippen LogP contribution in [0.1, 0.15) is 25.3 Å². The maximum Gasteiger partial charge on any atom is 0.245 e. The van der Waals surface area contributed by atoms with Crippen LogP contribution in [0.5, 0.6) is 0 Å². The lowest BCUT2D eigenvalue weighted by molar-refractivity contribution is -0.125. The molecule has 0 atom stereocenters. The topological polar surface area (TPSA) is 71.0 Å². The third-order valence-electron chi connectivity index (χ3n) is 4.14. The minimum atomic E-state index is -0.368. The van der Waals surface area contributed by atoms with Crippen molar-refractivity contribution in [1.29, 1.82) is 0 Å². The van der Waals surface area contributed by atoms with E-state index in [1.807, 2.05) is 17.8 Å². The van der Waals surface area contributed by atoms with Crippen LogP contribution in [-0.2, 0) is 4.79 Å². The van der Waals surface area contributed by atoms with E-state index < -0.39 is 0 Å². The minimum Gasteiger partial charge on any atom is -0.312 e. The summed E-state index contributed by atoms with van der Waals surface area (Å²) in [6.07, 6.45) is 4.67. The molecule has 1 aliphatic heterocycles. The van der Waals surface area contributed by atoms with Gasteiger partial charge in [-0.25, -0.2) is 4.68 Å². The zero-order chi connectivity index (χ0) is 12.6. The van der Waals surface area contributed by atoms with Gasteiger partial charge in [0.1, 0.15) is 5.82 Å². The number of hydrogen-bond donors (Lipinski definition) is 3. The van der Waals surface area contributed by atoms with E-state index in [4.69, 9.17) is 0 Å². The van der Waals surface area contributed by atoms with Crippen LogP contribution in [0, 0.1) is 0 Å². The quantitative estimate of drug-likeness (QED) is 0.708. The monoisotopic (exact) mass is 249 g/mol. The van der Waals surface area contributed by atoms with Crippen LogP contribution in [0.25, 0.3) is 0 Å². The number of rotatable bonds is 4. The Hall–Kier alpha value is -1.40. The smallest absolute Gasteiger partial charge is 0.245 e. The van der Waals surface area contributed by atoms with E-state index >= 15 is 0 Å². The first-order chi connectivity index (χ1) is 8.75. The van der Waals surface area contributed by atoms with Gasteiger partial charge >= 0.3 is 0 Å². The second-order valence-corrected chi connectivity index (χ2v) is 5.11. The van der Waals surface area contributed by atoms with Gasteiger partial charge in [0.05, 0.1) is 17.8 Å². The van der Waals surface area contributed by atoms with Crippen LogP contribution in [0.15, 0.2) is 12.3 Å². The number of anilines is 1. The summed E-state index contributed by atoms with van der Waals surface area (Å²) < 4.78 is 1.90. The van der Waals surface area contributed by atoms with Gasteiger partial charge in [0, 0.05) is 19.2 Å². The number of hydrogen-bond acceptors (Lipinski definition) is 4. The maximum absolute atomic E-state index is 12.3. The number of nitrogens with zero attached hydrogens (tertiary/aromatic N) is 2. The van der Waals surface area contributed by atoms with E-state index in [2.05, 4.69) is 21.0 Å². The Morgan fingerprint density at radius 2 is 2.33 bits per heavy atom. The highest BCUT2D eigenvalue weighted by atomic mass is 16.2. The first-order valence-electron chi connectivity index (χ1n) is 6.50. The van der Waals surface area contributed by atoms with Gasteiger partial charge < -0.3 is 16.0 Å². The number of carbonyl (C=O) groups is 1. The number of carbonyl (C=O) groups excluding carboxylic acids is 1.